The van der Waals surface area contributed by atoms with Crippen LogP contribution in [-0.4, -0.2) is 75.5 Å². The highest BCUT2D eigenvalue weighted by Crippen LogP contribution is 2.15. The van der Waals surface area contributed by atoms with Crippen molar-refractivity contribution < 1.29 is 38.2 Å². The fraction of sp³-hybridized carbons (Fsp3) is 0.825. The molecule has 0 aromatic rings. The van der Waals surface area contributed by atoms with Crippen LogP contribution in [0, 0.1) is 0 Å². The number of likely N-dealkylation sites (N-methyl/N-ethyl adjacent to an activating group) is 1. The van der Waals surface area contributed by atoms with Crippen molar-refractivity contribution in [1.82, 2.24) is 0 Å². The molecule has 0 aromatic carbocycles. The number of hydrogen-bond donors (Lipinski definition) is 0. The highest BCUT2D eigenvalue weighted by molar-refractivity contribution is 5.70. The van der Waals surface area contributed by atoms with Gasteiger partial charge in [0, 0.05) is 19.3 Å². The van der Waals surface area contributed by atoms with Crippen LogP contribution in [0.15, 0.2) is 24.3 Å². The second-order valence-electron chi connectivity index (χ2n) is 14.1. The monoisotopic (exact) mass is 680 g/mol. The first-order valence-electron chi connectivity index (χ1n) is 19.4. The summed E-state index contributed by atoms with van der Waals surface area (Å²) < 4.78 is 16.9. The first-order chi connectivity index (χ1) is 23.1. The molecule has 2 atom stereocenters. The van der Waals surface area contributed by atoms with E-state index in [0.29, 0.717) is 12.8 Å². The summed E-state index contributed by atoms with van der Waals surface area (Å²) in [6, 6.07) is -0.729. The Hall–Kier alpha value is -2.19. The SMILES string of the molecule is CC/C=C/C/C=C/CCC(=O)OC(COCCC(C(=O)[O-])[N+](C)(C)C)COC(=O)CCCCCCCCCCCCCCCCCCC. The Morgan fingerprint density at radius 3 is 1.67 bits per heavy atom. The quantitative estimate of drug-likeness (QED) is 0.0291. The number of unbranched alkanes of at least 4 members (excludes halogenated alkanes) is 16. The molecule has 0 saturated heterocycles. The van der Waals surface area contributed by atoms with Gasteiger partial charge in [-0.15, -0.1) is 0 Å². The lowest BCUT2D eigenvalue weighted by Gasteiger charge is -2.34. The van der Waals surface area contributed by atoms with Crippen molar-refractivity contribution in [3.63, 3.8) is 0 Å². The zero-order valence-electron chi connectivity index (χ0n) is 31.7. The van der Waals surface area contributed by atoms with Crippen LogP contribution in [-0.2, 0) is 28.6 Å². The highest BCUT2D eigenvalue weighted by atomic mass is 16.6. The number of carboxylic acid groups (broad SMARTS) is 1. The average molecular weight is 680 g/mol. The summed E-state index contributed by atoms with van der Waals surface area (Å²) in [5, 5.41) is 11.5. The Labute approximate surface area is 294 Å². The van der Waals surface area contributed by atoms with Gasteiger partial charge in [-0.3, -0.25) is 9.59 Å². The molecule has 0 aliphatic carbocycles. The molecular weight excluding hydrogens is 606 g/mol. The summed E-state index contributed by atoms with van der Waals surface area (Å²) in [5.41, 5.74) is 0. The maximum Gasteiger partial charge on any atom is 0.306 e. The summed E-state index contributed by atoms with van der Waals surface area (Å²) in [4.78, 5) is 36.5. The van der Waals surface area contributed by atoms with Crippen LogP contribution in [0.2, 0.25) is 0 Å². The molecule has 0 rings (SSSR count). The van der Waals surface area contributed by atoms with Gasteiger partial charge in [-0.25, -0.2) is 0 Å². The van der Waals surface area contributed by atoms with Crippen molar-refractivity contribution in [2.75, 3.05) is 41.0 Å². The number of esters is 2. The number of rotatable bonds is 34. The predicted molar refractivity (Wildman–Crippen MR) is 194 cm³/mol. The Bertz CT molecular complexity index is 849. The van der Waals surface area contributed by atoms with Crippen molar-refractivity contribution in [3.8, 4) is 0 Å². The molecule has 48 heavy (non-hydrogen) atoms. The average Bonchev–Trinajstić information content (AvgIpc) is 3.03. The minimum absolute atomic E-state index is 0.0205. The maximum atomic E-state index is 12.5. The molecule has 280 valence electrons. The first-order valence-corrected chi connectivity index (χ1v) is 19.4. The van der Waals surface area contributed by atoms with E-state index >= 15 is 0 Å². The van der Waals surface area contributed by atoms with E-state index in [1.165, 1.54) is 89.9 Å². The fourth-order valence-corrected chi connectivity index (χ4v) is 5.60. The van der Waals surface area contributed by atoms with E-state index in [4.69, 9.17) is 14.2 Å². The number of ether oxygens (including phenoxy) is 3. The van der Waals surface area contributed by atoms with E-state index in [2.05, 4.69) is 26.0 Å². The number of carbonyl (C=O) groups excluding carboxylic acids is 3. The molecule has 0 fully saturated rings. The van der Waals surface area contributed by atoms with E-state index in [-0.39, 0.29) is 49.1 Å². The Morgan fingerprint density at radius 1 is 0.646 bits per heavy atom. The third kappa shape index (κ3) is 29.9. The molecule has 0 amide bonds. The van der Waals surface area contributed by atoms with Gasteiger partial charge in [0.25, 0.3) is 0 Å². The van der Waals surface area contributed by atoms with Crippen LogP contribution in [0.5, 0.6) is 0 Å². The molecule has 0 N–H and O–H groups in total. The maximum absolute atomic E-state index is 12.5. The minimum Gasteiger partial charge on any atom is -0.544 e. The molecular formula is C40H73NO7. The van der Waals surface area contributed by atoms with Gasteiger partial charge < -0.3 is 28.6 Å². The summed E-state index contributed by atoms with van der Waals surface area (Å²) in [6.45, 7) is 4.45. The number of quaternary nitrogens is 1. The molecule has 0 heterocycles. The predicted octanol–water partition coefficient (Wildman–Crippen LogP) is 8.41. The van der Waals surface area contributed by atoms with Gasteiger partial charge in [-0.1, -0.05) is 141 Å². The topological polar surface area (TPSA) is 102 Å². The Kier molecular flexibility index (Phi) is 30.6. The Morgan fingerprint density at radius 2 is 1.17 bits per heavy atom. The van der Waals surface area contributed by atoms with Crippen molar-refractivity contribution in [1.29, 1.82) is 0 Å². The number of carbonyl (C=O) groups is 3. The molecule has 8 heteroatoms. The van der Waals surface area contributed by atoms with E-state index in [9.17, 15) is 19.5 Å². The molecule has 2 unspecified atom stereocenters. The standard InChI is InChI=1S/C40H73NO7/c1-6-8-10-12-14-15-16-17-18-19-20-21-22-23-25-26-28-30-38(42)47-35-36(34-46-33-32-37(40(44)45)41(3,4)5)48-39(43)31-29-27-24-13-11-9-7-2/h9,11,24,27,36-37H,6-8,10,12-23,25-26,28-35H2,1-5H3/b11-9+,27-24+. The van der Waals surface area contributed by atoms with E-state index in [0.717, 1.165) is 32.1 Å². The van der Waals surface area contributed by atoms with Gasteiger partial charge in [0.15, 0.2) is 6.10 Å². The first kappa shape index (κ1) is 45.8. The van der Waals surface area contributed by atoms with Crippen LogP contribution < -0.4 is 5.11 Å². The van der Waals surface area contributed by atoms with E-state index < -0.39 is 18.1 Å². The molecule has 8 nitrogen and oxygen atoms in total. The molecule has 0 aromatic heterocycles. The summed E-state index contributed by atoms with van der Waals surface area (Å²) in [6.07, 6.45) is 32.5. The van der Waals surface area contributed by atoms with Crippen molar-refractivity contribution in [2.24, 2.45) is 0 Å². The molecule has 0 spiro atoms. The Balaban J connectivity index is 4.27. The summed E-state index contributed by atoms with van der Waals surface area (Å²) in [5.74, 6) is -1.83. The van der Waals surface area contributed by atoms with Crippen molar-refractivity contribution >= 4 is 17.9 Å². The smallest absolute Gasteiger partial charge is 0.306 e. The number of nitrogens with zero attached hydrogens (tertiary/aromatic N) is 1. The van der Waals surface area contributed by atoms with Crippen LogP contribution in [0.25, 0.3) is 0 Å². The van der Waals surface area contributed by atoms with Crippen LogP contribution in [0.3, 0.4) is 0 Å². The van der Waals surface area contributed by atoms with Gasteiger partial charge in [-0.05, 0) is 25.7 Å². The summed E-state index contributed by atoms with van der Waals surface area (Å²) in [7, 11) is 5.37. The van der Waals surface area contributed by atoms with Gasteiger partial charge in [-0.2, -0.15) is 0 Å². The lowest BCUT2D eigenvalue weighted by Crippen LogP contribution is -2.55. The normalized spacial score (nSPS) is 13.3. The molecule has 0 aliphatic rings. The number of carboxylic acids is 1. The zero-order valence-corrected chi connectivity index (χ0v) is 31.7. The van der Waals surface area contributed by atoms with Crippen LogP contribution in [0.4, 0.5) is 0 Å². The number of hydrogen-bond acceptors (Lipinski definition) is 7. The molecule has 0 bridgehead atoms. The second-order valence-corrected chi connectivity index (χ2v) is 14.1. The van der Waals surface area contributed by atoms with Gasteiger partial charge in [0.2, 0.25) is 0 Å². The lowest BCUT2D eigenvalue weighted by atomic mass is 10.0. The van der Waals surface area contributed by atoms with Gasteiger partial charge >= 0.3 is 11.9 Å². The lowest BCUT2D eigenvalue weighted by molar-refractivity contribution is -0.889. The van der Waals surface area contributed by atoms with Crippen LogP contribution in [0.1, 0.15) is 162 Å². The summed E-state index contributed by atoms with van der Waals surface area (Å²) >= 11 is 0. The van der Waals surface area contributed by atoms with Crippen molar-refractivity contribution in [3.05, 3.63) is 24.3 Å². The van der Waals surface area contributed by atoms with Crippen LogP contribution >= 0.6 is 0 Å². The fourth-order valence-electron chi connectivity index (χ4n) is 5.60. The third-order valence-corrected chi connectivity index (χ3v) is 8.62. The van der Waals surface area contributed by atoms with Gasteiger partial charge in [0.05, 0.1) is 40.3 Å². The number of allylic oxidation sites excluding steroid dienone is 4. The number of aliphatic carboxylic acids is 1. The second kappa shape index (κ2) is 32.0. The largest absolute Gasteiger partial charge is 0.544 e. The third-order valence-electron chi connectivity index (χ3n) is 8.62. The van der Waals surface area contributed by atoms with E-state index in [1.54, 1.807) is 21.1 Å². The van der Waals surface area contributed by atoms with Crippen molar-refractivity contribution in [2.45, 2.75) is 174 Å². The minimum atomic E-state index is -1.13. The molecule has 0 aliphatic heterocycles. The molecule has 0 saturated carbocycles. The molecule has 0 radical (unpaired) electrons. The highest BCUT2D eigenvalue weighted by Gasteiger charge is 2.25. The van der Waals surface area contributed by atoms with E-state index in [1.807, 2.05) is 12.2 Å². The van der Waals surface area contributed by atoms with Gasteiger partial charge in [0.1, 0.15) is 12.6 Å². The zero-order chi connectivity index (χ0) is 35.7.